The van der Waals surface area contributed by atoms with Gasteiger partial charge in [-0.1, -0.05) is 17.7 Å². The summed E-state index contributed by atoms with van der Waals surface area (Å²) in [5.41, 5.74) is 8.77. The quantitative estimate of drug-likeness (QED) is 0.670. The first-order valence-corrected chi connectivity index (χ1v) is 5.49. The van der Waals surface area contributed by atoms with E-state index < -0.39 is 0 Å². The van der Waals surface area contributed by atoms with E-state index in [4.69, 9.17) is 17.3 Å². The predicted molar refractivity (Wildman–Crippen MR) is 68.3 cm³/mol. The number of halogens is 1. The first kappa shape index (κ1) is 10.1. The van der Waals surface area contributed by atoms with Crippen molar-refractivity contribution in [1.82, 2.24) is 15.0 Å². The molecule has 0 fully saturated rings. The number of rotatable bonds is 1. The van der Waals surface area contributed by atoms with E-state index in [0.29, 0.717) is 10.7 Å². The Balaban J connectivity index is 2.18. The molecule has 0 amide bonds. The average Bonchev–Trinajstić information content (AvgIpc) is 2.72. The number of hydrogen-bond donors (Lipinski definition) is 1. The number of hydrogen-bond acceptors (Lipinski definition) is 3. The summed E-state index contributed by atoms with van der Waals surface area (Å²) in [5, 5.41) is 9.36. The number of fused-ring (bicyclic) bond motifs is 1. The van der Waals surface area contributed by atoms with Gasteiger partial charge in [-0.15, -0.1) is 10.2 Å². The fraction of sp³-hybridized carbons (Fsp3) is 0. The molecular weight excluding hydrogens is 236 g/mol. The molecule has 3 rings (SSSR count). The lowest BCUT2D eigenvalue weighted by molar-refractivity contribution is 0.766. The first-order valence-electron chi connectivity index (χ1n) is 5.11. The second-order valence-electron chi connectivity index (χ2n) is 3.72. The van der Waals surface area contributed by atoms with Gasteiger partial charge in [0.1, 0.15) is 11.0 Å². The van der Waals surface area contributed by atoms with Crippen LogP contribution in [0.25, 0.3) is 16.7 Å². The molecule has 5 heteroatoms. The molecule has 4 nitrogen and oxygen atoms in total. The van der Waals surface area contributed by atoms with Crippen LogP contribution >= 0.6 is 11.6 Å². The standard InChI is InChI=1S/C12H9ClN4/c13-8-2-1-3-10(6-8)17-15-11-5-4-9(14)7-12(11)16-17/h1-7H,14H2. The number of nitrogens with zero attached hydrogens (tertiary/aromatic N) is 3. The summed E-state index contributed by atoms with van der Waals surface area (Å²) in [6.07, 6.45) is 0. The van der Waals surface area contributed by atoms with Gasteiger partial charge in [0.15, 0.2) is 0 Å². The van der Waals surface area contributed by atoms with E-state index in [-0.39, 0.29) is 0 Å². The van der Waals surface area contributed by atoms with Crippen molar-refractivity contribution in [3.8, 4) is 5.69 Å². The van der Waals surface area contributed by atoms with E-state index in [1.165, 1.54) is 0 Å². The van der Waals surface area contributed by atoms with E-state index in [1.54, 1.807) is 16.9 Å². The molecule has 17 heavy (non-hydrogen) atoms. The molecule has 0 bridgehead atoms. The molecule has 1 heterocycles. The summed E-state index contributed by atoms with van der Waals surface area (Å²) in [7, 11) is 0. The largest absolute Gasteiger partial charge is 0.399 e. The zero-order chi connectivity index (χ0) is 11.8. The molecule has 0 unspecified atom stereocenters. The van der Waals surface area contributed by atoms with Gasteiger partial charge in [-0.2, -0.15) is 4.80 Å². The van der Waals surface area contributed by atoms with Crippen LogP contribution in [0.15, 0.2) is 42.5 Å². The third-order valence-electron chi connectivity index (χ3n) is 2.44. The number of nitrogens with two attached hydrogens (primary N) is 1. The molecule has 0 aliphatic heterocycles. The van der Waals surface area contributed by atoms with E-state index in [1.807, 2.05) is 30.3 Å². The summed E-state index contributed by atoms with van der Waals surface area (Å²) in [6, 6.07) is 12.8. The number of aromatic nitrogens is 3. The van der Waals surface area contributed by atoms with Crippen LogP contribution in [-0.2, 0) is 0 Å². The second-order valence-corrected chi connectivity index (χ2v) is 4.15. The highest BCUT2D eigenvalue weighted by Gasteiger charge is 2.04. The van der Waals surface area contributed by atoms with Gasteiger partial charge in [0.2, 0.25) is 0 Å². The van der Waals surface area contributed by atoms with E-state index in [0.717, 1.165) is 16.7 Å². The Morgan fingerprint density at radius 1 is 1.00 bits per heavy atom. The minimum Gasteiger partial charge on any atom is -0.399 e. The number of nitrogen functional groups attached to an aromatic ring is 1. The van der Waals surface area contributed by atoms with Crippen LogP contribution in [0, 0.1) is 0 Å². The lowest BCUT2D eigenvalue weighted by Gasteiger charge is -1.98. The van der Waals surface area contributed by atoms with Gasteiger partial charge < -0.3 is 5.73 Å². The van der Waals surface area contributed by atoms with Crippen molar-refractivity contribution in [1.29, 1.82) is 0 Å². The van der Waals surface area contributed by atoms with Gasteiger partial charge in [-0.25, -0.2) is 0 Å². The van der Waals surface area contributed by atoms with Gasteiger partial charge in [0, 0.05) is 10.7 Å². The van der Waals surface area contributed by atoms with Crippen molar-refractivity contribution in [3.63, 3.8) is 0 Å². The van der Waals surface area contributed by atoms with Crippen LogP contribution in [0.4, 0.5) is 5.69 Å². The zero-order valence-electron chi connectivity index (χ0n) is 8.84. The summed E-state index contributed by atoms with van der Waals surface area (Å²) in [6.45, 7) is 0. The fourth-order valence-electron chi connectivity index (χ4n) is 1.65. The van der Waals surface area contributed by atoms with Gasteiger partial charge in [-0.3, -0.25) is 0 Å². The summed E-state index contributed by atoms with van der Waals surface area (Å²) in [4.78, 5) is 1.55. The molecule has 1 aromatic heterocycles. The summed E-state index contributed by atoms with van der Waals surface area (Å²) < 4.78 is 0. The Morgan fingerprint density at radius 3 is 2.65 bits per heavy atom. The van der Waals surface area contributed by atoms with Gasteiger partial charge in [-0.05, 0) is 36.4 Å². The Morgan fingerprint density at radius 2 is 1.82 bits per heavy atom. The molecule has 2 aromatic carbocycles. The molecule has 0 aliphatic rings. The Kier molecular flexibility index (Phi) is 2.23. The average molecular weight is 245 g/mol. The van der Waals surface area contributed by atoms with Crippen LogP contribution in [0.2, 0.25) is 5.02 Å². The van der Waals surface area contributed by atoms with Gasteiger partial charge in [0.05, 0.1) is 5.69 Å². The highest BCUT2D eigenvalue weighted by Crippen LogP contribution is 2.17. The highest BCUT2D eigenvalue weighted by molar-refractivity contribution is 6.30. The van der Waals surface area contributed by atoms with Crippen molar-refractivity contribution >= 4 is 28.3 Å². The molecule has 0 saturated heterocycles. The third kappa shape index (κ3) is 1.83. The third-order valence-corrected chi connectivity index (χ3v) is 2.68. The molecule has 2 N–H and O–H groups in total. The maximum Gasteiger partial charge on any atom is 0.115 e. The molecule has 84 valence electrons. The predicted octanol–water partition coefficient (Wildman–Crippen LogP) is 2.66. The Bertz CT molecular complexity index is 690. The highest BCUT2D eigenvalue weighted by atomic mass is 35.5. The van der Waals surface area contributed by atoms with Crippen LogP contribution in [0.3, 0.4) is 0 Å². The maximum atomic E-state index is 5.93. The Labute approximate surface area is 103 Å². The smallest absolute Gasteiger partial charge is 0.115 e. The van der Waals surface area contributed by atoms with Crippen molar-refractivity contribution in [2.24, 2.45) is 0 Å². The van der Waals surface area contributed by atoms with Crippen molar-refractivity contribution in [2.75, 3.05) is 5.73 Å². The first-order chi connectivity index (χ1) is 8.22. The molecule has 0 aliphatic carbocycles. The minimum absolute atomic E-state index is 0.656. The lowest BCUT2D eigenvalue weighted by Crippen LogP contribution is -1.97. The minimum atomic E-state index is 0.656. The molecule has 0 saturated carbocycles. The molecule has 0 atom stereocenters. The molecule has 0 radical (unpaired) electrons. The zero-order valence-corrected chi connectivity index (χ0v) is 9.59. The van der Waals surface area contributed by atoms with Gasteiger partial charge in [0.25, 0.3) is 0 Å². The Hall–Kier alpha value is -2.07. The number of anilines is 1. The SMILES string of the molecule is Nc1ccc2nn(-c3cccc(Cl)c3)nc2c1. The second kappa shape index (κ2) is 3.75. The van der Waals surface area contributed by atoms with E-state index >= 15 is 0 Å². The van der Waals surface area contributed by atoms with E-state index in [2.05, 4.69) is 10.2 Å². The van der Waals surface area contributed by atoms with E-state index in [9.17, 15) is 0 Å². The lowest BCUT2D eigenvalue weighted by atomic mass is 10.3. The van der Waals surface area contributed by atoms with Crippen molar-refractivity contribution in [3.05, 3.63) is 47.5 Å². The summed E-state index contributed by atoms with van der Waals surface area (Å²) in [5.74, 6) is 0. The normalized spacial score (nSPS) is 10.9. The maximum absolute atomic E-state index is 5.93. The molecule has 3 aromatic rings. The fourth-order valence-corrected chi connectivity index (χ4v) is 1.83. The topological polar surface area (TPSA) is 56.7 Å². The van der Waals surface area contributed by atoms with Crippen LogP contribution < -0.4 is 5.73 Å². The van der Waals surface area contributed by atoms with Crippen LogP contribution in [0.1, 0.15) is 0 Å². The van der Waals surface area contributed by atoms with Gasteiger partial charge >= 0.3 is 0 Å². The van der Waals surface area contributed by atoms with Crippen LogP contribution in [-0.4, -0.2) is 15.0 Å². The number of benzene rings is 2. The van der Waals surface area contributed by atoms with Crippen LogP contribution in [0.5, 0.6) is 0 Å². The van der Waals surface area contributed by atoms with Crippen molar-refractivity contribution < 1.29 is 0 Å². The summed E-state index contributed by atoms with van der Waals surface area (Å²) >= 11 is 5.93. The molecule has 0 spiro atoms. The van der Waals surface area contributed by atoms with Crippen molar-refractivity contribution in [2.45, 2.75) is 0 Å². The monoisotopic (exact) mass is 244 g/mol. The molecular formula is C12H9ClN4.